The summed E-state index contributed by atoms with van der Waals surface area (Å²) in [6.07, 6.45) is 0. The lowest BCUT2D eigenvalue weighted by Crippen LogP contribution is -2.57. The highest BCUT2D eigenvalue weighted by Crippen LogP contribution is 2.29. The molecule has 1 aromatic rings. The number of benzene rings is 1. The Balaban J connectivity index is 2.49. The Bertz CT molecular complexity index is 561. The van der Waals surface area contributed by atoms with Crippen LogP contribution in [0.15, 0.2) is 18.2 Å². The van der Waals surface area contributed by atoms with Gasteiger partial charge in [-0.15, -0.1) is 0 Å². The molecule has 1 aliphatic rings. The van der Waals surface area contributed by atoms with E-state index in [2.05, 4.69) is 0 Å². The van der Waals surface area contributed by atoms with Gasteiger partial charge in [0.15, 0.2) is 0 Å². The van der Waals surface area contributed by atoms with Crippen LogP contribution in [-0.4, -0.2) is 17.8 Å². The summed E-state index contributed by atoms with van der Waals surface area (Å²) < 4.78 is 13.1. The van der Waals surface area contributed by atoms with Gasteiger partial charge in [0, 0.05) is 0 Å². The van der Waals surface area contributed by atoms with Gasteiger partial charge in [-0.05, 0) is 25.1 Å². The molecule has 94 valence electrons. The first-order valence-corrected chi connectivity index (χ1v) is 5.43. The Hall–Kier alpha value is -1.95. The van der Waals surface area contributed by atoms with E-state index in [9.17, 15) is 18.8 Å². The Morgan fingerprint density at radius 3 is 2.67 bits per heavy atom. The van der Waals surface area contributed by atoms with Crippen molar-refractivity contribution in [3.8, 4) is 0 Å². The van der Waals surface area contributed by atoms with Crippen LogP contribution in [0, 0.1) is 11.7 Å². The molecule has 18 heavy (non-hydrogen) atoms. The molecule has 7 heteroatoms. The molecule has 1 unspecified atom stereocenters. The van der Waals surface area contributed by atoms with E-state index >= 15 is 0 Å². The maximum absolute atomic E-state index is 13.1. The minimum absolute atomic E-state index is 0.0430. The van der Waals surface area contributed by atoms with E-state index in [-0.39, 0.29) is 10.7 Å². The number of nitrogens with zero attached hydrogens (tertiary/aromatic N) is 1. The van der Waals surface area contributed by atoms with Crippen LogP contribution >= 0.6 is 11.6 Å². The third-order valence-electron chi connectivity index (χ3n) is 2.57. The van der Waals surface area contributed by atoms with Crippen molar-refractivity contribution in [1.29, 1.82) is 0 Å². The minimum Gasteiger partial charge on any atom is -0.277 e. The van der Waals surface area contributed by atoms with Gasteiger partial charge in [-0.3, -0.25) is 14.9 Å². The highest BCUT2D eigenvalue weighted by molar-refractivity contribution is 6.36. The van der Waals surface area contributed by atoms with Gasteiger partial charge in [-0.25, -0.2) is 14.1 Å². The molecule has 0 aromatic heterocycles. The van der Waals surface area contributed by atoms with Crippen LogP contribution in [0.25, 0.3) is 0 Å². The van der Waals surface area contributed by atoms with Crippen LogP contribution in [0.2, 0.25) is 5.02 Å². The summed E-state index contributed by atoms with van der Waals surface area (Å²) in [6, 6.07) is 2.36. The number of imide groups is 2. The molecular weight excluding hydrogens is 263 g/mol. The van der Waals surface area contributed by atoms with Crippen molar-refractivity contribution in [2.75, 3.05) is 4.90 Å². The van der Waals surface area contributed by atoms with Crippen molar-refractivity contribution in [1.82, 2.24) is 5.32 Å². The Kier molecular flexibility index (Phi) is 3.04. The first-order valence-electron chi connectivity index (χ1n) is 5.05. The van der Waals surface area contributed by atoms with Crippen LogP contribution in [0.4, 0.5) is 14.9 Å². The van der Waals surface area contributed by atoms with Crippen molar-refractivity contribution in [2.45, 2.75) is 6.92 Å². The number of hydrogen-bond donors (Lipinski definition) is 1. The molecule has 0 bridgehead atoms. The van der Waals surface area contributed by atoms with Gasteiger partial charge in [-0.2, -0.15) is 0 Å². The number of nitrogens with one attached hydrogen (secondary N) is 1. The van der Waals surface area contributed by atoms with Crippen LogP contribution < -0.4 is 10.2 Å². The van der Waals surface area contributed by atoms with E-state index in [1.165, 1.54) is 13.0 Å². The highest BCUT2D eigenvalue weighted by Gasteiger charge is 2.39. The second-order valence-corrected chi connectivity index (χ2v) is 4.19. The molecule has 0 aliphatic carbocycles. The Labute approximate surface area is 107 Å². The molecule has 0 radical (unpaired) electrons. The first-order chi connectivity index (χ1) is 8.41. The van der Waals surface area contributed by atoms with Gasteiger partial charge in [0.25, 0.3) is 0 Å². The predicted octanol–water partition coefficient (Wildman–Crippen LogP) is 1.70. The molecule has 1 heterocycles. The molecule has 2 rings (SSSR count). The Morgan fingerprint density at radius 1 is 1.33 bits per heavy atom. The van der Waals surface area contributed by atoms with E-state index in [0.717, 1.165) is 12.1 Å². The molecule has 1 atom stereocenters. The van der Waals surface area contributed by atoms with Crippen molar-refractivity contribution in [3.63, 3.8) is 0 Å². The largest absolute Gasteiger partial charge is 0.335 e. The van der Waals surface area contributed by atoms with E-state index in [1.54, 1.807) is 0 Å². The molecule has 1 fully saturated rings. The summed E-state index contributed by atoms with van der Waals surface area (Å²) in [5.41, 5.74) is -0.0847. The minimum atomic E-state index is -1.03. The third kappa shape index (κ3) is 1.95. The lowest BCUT2D eigenvalue weighted by Gasteiger charge is -2.28. The fourth-order valence-electron chi connectivity index (χ4n) is 1.56. The fraction of sp³-hybridized carbons (Fsp3) is 0.182. The van der Waals surface area contributed by atoms with Crippen molar-refractivity contribution in [3.05, 3.63) is 29.0 Å². The normalized spacial score (nSPS) is 20.1. The molecule has 1 aliphatic heterocycles. The average Bonchev–Trinajstić information content (AvgIpc) is 2.31. The van der Waals surface area contributed by atoms with E-state index in [0.29, 0.717) is 4.90 Å². The first kappa shape index (κ1) is 12.5. The lowest BCUT2D eigenvalue weighted by atomic mass is 10.1. The number of hydrogen-bond acceptors (Lipinski definition) is 3. The zero-order valence-corrected chi connectivity index (χ0v) is 9.99. The topological polar surface area (TPSA) is 66.5 Å². The van der Waals surface area contributed by atoms with Gasteiger partial charge in [0.1, 0.15) is 11.7 Å². The van der Waals surface area contributed by atoms with Crippen molar-refractivity contribution >= 4 is 35.1 Å². The summed E-state index contributed by atoms with van der Waals surface area (Å²) in [4.78, 5) is 35.4. The maximum atomic E-state index is 13.1. The van der Waals surface area contributed by atoms with Crippen molar-refractivity contribution < 1.29 is 18.8 Å². The number of barbiturate groups is 1. The number of amides is 4. The van der Waals surface area contributed by atoms with E-state index < -0.39 is 29.6 Å². The SMILES string of the molecule is CC1C(=O)NC(=O)N(c2cc(F)ccc2Cl)C1=O. The number of carbonyl (C=O) groups is 3. The smallest absolute Gasteiger partial charge is 0.277 e. The van der Waals surface area contributed by atoms with E-state index in [4.69, 9.17) is 11.6 Å². The molecule has 1 saturated heterocycles. The second-order valence-electron chi connectivity index (χ2n) is 3.79. The van der Waals surface area contributed by atoms with Gasteiger partial charge in [0.2, 0.25) is 11.8 Å². The number of rotatable bonds is 1. The molecule has 1 aromatic carbocycles. The summed E-state index contributed by atoms with van der Waals surface area (Å²) in [6.45, 7) is 1.35. The average molecular weight is 271 g/mol. The standard InChI is InChI=1S/C11H8ClFN2O3/c1-5-9(16)14-11(18)15(10(5)17)8-4-6(13)2-3-7(8)12/h2-5H,1H3,(H,14,16,18). The van der Waals surface area contributed by atoms with Crippen molar-refractivity contribution in [2.24, 2.45) is 5.92 Å². The molecule has 0 spiro atoms. The molecule has 0 saturated carbocycles. The number of urea groups is 1. The summed E-state index contributed by atoms with van der Waals surface area (Å²) >= 11 is 5.82. The molecule has 5 nitrogen and oxygen atoms in total. The van der Waals surface area contributed by atoms with Gasteiger partial charge >= 0.3 is 6.03 Å². The zero-order valence-electron chi connectivity index (χ0n) is 9.24. The van der Waals surface area contributed by atoms with Crippen LogP contribution in [-0.2, 0) is 9.59 Å². The fourth-order valence-corrected chi connectivity index (χ4v) is 1.76. The molecule has 4 amide bonds. The number of halogens is 2. The van der Waals surface area contributed by atoms with Crippen LogP contribution in [0.5, 0.6) is 0 Å². The number of anilines is 1. The van der Waals surface area contributed by atoms with Crippen LogP contribution in [0.1, 0.15) is 6.92 Å². The summed E-state index contributed by atoms with van der Waals surface area (Å²) in [5.74, 6) is -3.09. The predicted molar refractivity (Wildman–Crippen MR) is 61.6 cm³/mol. The molecular formula is C11H8ClFN2O3. The summed E-state index contributed by atoms with van der Waals surface area (Å²) in [7, 11) is 0. The second kappa shape index (κ2) is 4.38. The van der Waals surface area contributed by atoms with E-state index in [1.807, 2.05) is 5.32 Å². The zero-order chi connectivity index (χ0) is 13.4. The monoisotopic (exact) mass is 270 g/mol. The quantitative estimate of drug-likeness (QED) is 0.790. The highest BCUT2D eigenvalue weighted by atomic mass is 35.5. The van der Waals surface area contributed by atoms with Gasteiger partial charge in [-0.1, -0.05) is 11.6 Å². The lowest BCUT2D eigenvalue weighted by molar-refractivity contribution is -0.133. The Morgan fingerprint density at radius 2 is 2.00 bits per heavy atom. The van der Waals surface area contributed by atoms with Gasteiger partial charge < -0.3 is 0 Å². The number of carbonyl (C=O) groups excluding carboxylic acids is 3. The van der Waals surface area contributed by atoms with Crippen LogP contribution in [0.3, 0.4) is 0 Å². The van der Waals surface area contributed by atoms with Gasteiger partial charge in [0.05, 0.1) is 10.7 Å². The molecule has 1 N–H and O–H groups in total. The third-order valence-corrected chi connectivity index (χ3v) is 2.89. The summed E-state index contributed by atoms with van der Waals surface area (Å²) in [5, 5.41) is 2.04. The maximum Gasteiger partial charge on any atom is 0.335 e.